The molecule has 1 N–H and O–H groups in total. The number of para-hydroxylation sites is 1. The number of rotatable bonds is 17. The highest BCUT2D eigenvalue weighted by Gasteiger charge is 2.21. The van der Waals surface area contributed by atoms with Gasteiger partial charge in [-0.1, -0.05) is 37.3 Å². The average Bonchev–Trinajstić information content (AvgIpc) is 3.74. The molecule has 2 heterocycles. The standard InChI is InChI=1S/C37H40N3O9P/c1-6-32-31(38-35(49-32)27-16-14-25(4)30(21-27)37(41)42)24-45-33-17-15-26(20-34(33)44-5)23-46-36-28(18-19-50(43,47-7-2)48-8-3)22-40(39-36)29-12-10-9-11-13-29/h9-22H,6-8,23-24H2,1-5H3,(H,41,42)/b19-18+. The molecule has 5 aromatic rings. The van der Waals surface area contributed by atoms with Crippen molar-refractivity contribution in [2.75, 3.05) is 20.3 Å². The zero-order valence-corrected chi connectivity index (χ0v) is 29.5. The number of carboxylic acid groups (broad SMARTS) is 1. The lowest BCUT2D eigenvalue weighted by Crippen LogP contribution is -2.02. The molecule has 0 aliphatic carbocycles. The van der Waals surface area contributed by atoms with E-state index >= 15 is 0 Å². The van der Waals surface area contributed by atoms with Crippen molar-refractivity contribution in [3.05, 3.63) is 112 Å². The molecule has 0 amide bonds. The van der Waals surface area contributed by atoms with Crippen LogP contribution in [0.2, 0.25) is 0 Å². The summed E-state index contributed by atoms with van der Waals surface area (Å²) >= 11 is 0. The molecule has 0 radical (unpaired) electrons. The number of methoxy groups -OCH3 is 1. The van der Waals surface area contributed by atoms with Gasteiger partial charge in [-0.3, -0.25) is 4.57 Å². The topological polar surface area (TPSA) is 144 Å². The van der Waals surface area contributed by atoms with Crippen LogP contribution < -0.4 is 14.2 Å². The lowest BCUT2D eigenvalue weighted by atomic mass is 10.1. The molecule has 0 aliphatic rings. The van der Waals surface area contributed by atoms with Gasteiger partial charge in [0.1, 0.15) is 24.7 Å². The summed E-state index contributed by atoms with van der Waals surface area (Å²) in [4.78, 5) is 16.3. The molecule has 0 aliphatic heterocycles. The van der Waals surface area contributed by atoms with Crippen molar-refractivity contribution in [2.24, 2.45) is 0 Å². The van der Waals surface area contributed by atoms with E-state index in [4.69, 9.17) is 27.7 Å². The van der Waals surface area contributed by atoms with E-state index in [0.29, 0.717) is 57.8 Å². The van der Waals surface area contributed by atoms with Gasteiger partial charge < -0.3 is 32.8 Å². The predicted octanol–water partition coefficient (Wildman–Crippen LogP) is 8.50. The average molecular weight is 702 g/mol. The first-order chi connectivity index (χ1) is 24.2. The smallest absolute Gasteiger partial charge is 0.354 e. The number of benzene rings is 3. The second-order valence-corrected chi connectivity index (χ2v) is 12.9. The summed E-state index contributed by atoms with van der Waals surface area (Å²) in [5.41, 5.74) is 4.22. The maximum Gasteiger partial charge on any atom is 0.354 e. The van der Waals surface area contributed by atoms with E-state index in [2.05, 4.69) is 10.1 Å². The fourth-order valence-electron chi connectivity index (χ4n) is 5.07. The first kappa shape index (κ1) is 36.1. The Morgan fingerprint density at radius 1 is 0.960 bits per heavy atom. The van der Waals surface area contributed by atoms with Gasteiger partial charge in [-0.15, -0.1) is 5.10 Å². The normalized spacial score (nSPS) is 11.6. The predicted molar refractivity (Wildman–Crippen MR) is 188 cm³/mol. The minimum absolute atomic E-state index is 0.108. The summed E-state index contributed by atoms with van der Waals surface area (Å²) in [6, 6.07) is 20.1. The number of aryl methyl sites for hydroxylation is 2. The van der Waals surface area contributed by atoms with Crippen molar-refractivity contribution < 1.29 is 42.1 Å². The van der Waals surface area contributed by atoms with Gasteiger partial charge in [0.25, 0.3) is 0 Å². The Hall–Kier alpha value is -5.16. The Labute approximate surface area is 290 Å². The quantitative estimate of drug-likeness (QED) is 0.0932. The van der Waals surface area contributed by atoms with Crippen LogP contribution in [0.25, 0.3) is 23.2 Å². The zero-order chi connectivity index (χ0) is 35.7. The molecule has 50 heavy (non-hydrogen) atoms. The molecule has 0 atom stereocenters. The van der Waals surface area contributed by atoms with Crippen molar-refractivity contribution >= 4 is 19.6 Å². The molecule has 0 unspecified atom stereocenters. The fourth-order valence-corrected chi connectivity index (χ4v) is 6.38. The van der Waals surface area contributed by atoms with Crippen LogP contribution in [0.15, 0.2) is 83.2 Å². The van der Waals surface area contributed by atoms with E-state index in [-0.39, 0.29) is 32.0 Å². The van der Waals surface area contributed by atoms with Gasteiger partial charge in [0.15, 0.2) is 11.5 Å². The molecule has 3 aromatic carbocycles. The highest BCUT2D eigenvalue weighted by Crippen LogP contribution is 2.50. The molecule has 12 nitrogen and oxygen atoms in total. The van der Waals surface area contributed by atoms with Crippen LogP contribution in [0.5, 0.6) is 17.4 Å². The monoisotopic (exact) mass is 701 g/mol. The van der Waals surface area contributed by atoms with E-state index in [9.17, 15) is 14.5 Å². The molecule has 262 valence electrons. The molecule has 0 saturated heterocycles. The molecular formula is C37H40N3O9P. The number of nitrogens with zero attached hydrogens (tertiary/aromatic N) is 3. The van der Waals surface area contributed by atoms with Crippen LogP contribution in [0.1, 0.15) is 59.3 Å². The lowest BCUT2D eigenvalue weighted by Gasteiger charge is -2.13. The first-order valence-electron chi connectivity index (χ1n) is 16.1. The number of ether oxygens (including phenoxy) is 3. The first-order valence-corrected chi connectivity index (χ1v) is 17.8. The van der Waals surface area contributed by atoms with Crippen LogP contribution in [0, 0.1) is 6.92 Å². The molecule has 13 heteroatoms. The Balaban J connectivity index is 1.32. The second-order valence-electron chi connectivity index (χ2n) is 11.0. The number of carboxylic acids is 1. The molecule has 5 rings (SSSR count). The van der Waals surface area contributed by atoms with Gasteiger partial charge in [-0.25, -0.2) is 14.5 Å². The summed E-state index contributed by atoms with van der Waals surface area (Å²) < 4.78 is 49.5. The summed E-state index contributed by atoms with van der Waals surface area (Å²) in [5.74, 6) is 2.67. The van der Waals surface area contributed by atoms with Gasteiger partial charge in [0, 0.05) is 24.0 Å². The van der Waals surface area contributed by atoms with Crippen molar-refractivity contribution in [3.8, 4) is 34.5 Å². The number of aromatic carboxylic acids is 1. The third kappa shape index (κ3) is 8.70. The Bertz CT molecular complexity index is 1990. The van der Waals surface area contributed by atoms with Gasteiger partial charge in [-0.2, -0.15) is 0 Å². The minimum atomic E-state index is -3.45. The Kier molecular flexibility index (Phi) is 11.9. The third-order valence-corrected chi connectivity index (χ3v) is 9.32. The van der Waals surface area contributed by atoms with Crippen LogP contribution in [-0.2, 0) is 33.2 Å². The molecule has 0 fully saturated rings. The Morgan fingerprint density at radius 3 is 2.40 bits per heavy atom. The van der Waals surface area contributed by atoms with E-state index in [1.807, 2.05) is 49.4 Å². The maximum absolute atomic E-state index is 13.1. The zero-order valence-electron chi connectivity index (χ0n) is 28.6. The fraction of sp³-hybridized carbons (Fsp3) is 0.270. The molecule has 0 spiro atoms. The summed E-state index contributed by atoms with van der Waals surface area (Å²) in [5, 5.41) is 14.2. The van der Waals surface area contributed by atoms with Gasteiger partial charge in [-0.05, 0) is 74.4 Å². The minimum Gasteiger partial charge on any atom is -0.493 e. The van der Waals surface area contributed by atoms with Crippen molar-refractivity contribution in [2.45, 2.75) is 47.3 Å². The number of hydrogen-bond acceptors (Lipinski definition) is 10. The van der Waals surface area contributed by atoms with Gasteiger partial charge in [0.2, 0.25) is 11.8 Å². The third-order valence-electron chi connectivity index (χ3n) is 7.56. The van der Waals surface area contributed by atoms with Gasteiger partial charge in [0.05, 0.1) is 37.1 Å². The molecule has 2 aromatic heterocycles. The van der Waals surface area contributed by atoms with E-state index in [0.717, 1.165) is 11.3 Å². The number of oxazole rings is 1. The largest absolute Gasteiger partial charge is 0.493 e. The highest BCUT2D eigenvalue weighted by atomic mass is 31.2. The molecule has 0 saturated carbocycles. The number of carbonyl (C=O) groups is 1. The van der Waals surface area contributed by atoms with E-state index in [1.165, 1.54) is 5.82 Å². The number of hydrogen-bond donors (Lipinski definition) is 1. The van der Waals surface area contributed by atoms with E-state index in [1.54, 1.807) is 69.1 Å². The SMILES string of the molecule is CCOP(=O)(/C=C/c1cn(-c2ccccc2)nc1OCc1ccc(OCc2nc(-c3ccc(C)c(C(=O)O)c3)oc2CC)c(OC)c1)OCC. The van der Waals surface area contributed by atoms with Crippen LogP contribution in [-0.4, -0.2) is 46.2 Å². The van der Waals surface area contributed by atoms with E-state index < -0.39 is 13.6 Å². The van der Waals surface area contributed by atoms with Crippen LogP contribution in [0.3, 0.4) is 0 Å². The molecular weight excluding hydrogens is 661 g/mol. The summed E-state index contributed by atoms with van der Waals surface area (Å²) in [6.07, 6.45) is 3.99. The Morgan fingerprint density at radius 2 is 1.72 bits per heavy atom. The lowest BCUT2D eigenvalue weighted by molar-refractivity contribution is 0.0696. The summed E-state index contributed by atoms with van der Waals surface area (Å²) in [7, 11) is -1.90. The summed E-state index contributed by atoms with van der Waals surface area (Å²) in [6.45, 7) is 7.93. The van der Waals surface area contributed by atoms with Crippen molar-refractivity contribution in [3.63, 3.8) is 0 Å². The van der Waals surface area contributed by atoms with Crippen molar-refractivity contribution in [1.29, 1.82) is 0 Å². The number of aromatic nitrogens is 3. The van der Waals surface area contributed by atoms with Crippen LogP contribution in [0.4, 0.5) is 0 Å². The maximum atomic E-state index is 13.1. The van der Waals surface area contributed by atoms with Crippen molar-refractivity contribution in [1.82, 2.24) is 14.8 Å². The highest BCUT2D eigenvalue weighted by molar-refractivity contribution is 7.57. The van der Waals surface area contributed by atoms with Gasteiger partial charge >= 0.3 is 13.6 Å². The van der Waals surface area contributed by atoms with Crippen LogP contribution >= 0.6 is 7.60 Å². The second kappa shape index (κ2) is 16.5. The molecule has 0 bridgehead atoms.